The maximum Gasteiger partial charge on any atom is 0.421 e. The summed E-state index contributed by atoms with van der Waals surface area (Å²) in [7, 11) is -4.15. The Bertz CT molecular complexity index is 1400. The third-order valence-corrected chi connectivity index (χ3v) is 13.5. The number of fused-ring (bicyclic) bond motifs is 5. The maximum absolute atomic E-state index is 12.7. The minimum Gasteiger partial charge on any atom is -0.449 e. The van der Waals surface area contributed by atoms with Gasteiger partial charge in [0.15, 0.2) is 5.82 Å². The van der Waals surface area contributed by atoms with Crippen molar-refractivity contribution in [1.82, 2.24) is 24.7 Å². The first-order valence-electron chi connectivity index (χ1n) is 15.9. The van der Waals surface area contributed by atoms with Crippen LogP contribution in [0.15, 0.2) is 35.6 Å². The van der Waals surface area contributed by atoms with E-state index in [4.69, 9.17) is 4.74 Å². The van der Waals surface area contributed by atoms with Crippen molar-refractivity contribution in [2.24, 2.45) is 46.3 Å². The molecule has 4 fully saturated rings. The minimum absolute atomic E-state index is 0.0429. The molecule has 4 aliphatic carbocycles. The number of rotatable bonds is 7. The number of hydrogen-bond acceptors (Lipinski definition) is 9. The Kier molecular flexibility index (Phi) is 8.08. The van der Waals surface area contributed by atoms with Crippen LogP contribution in [-0.2, 0) is 14.8 Å². The molecule has 0 radical (unpaired) electrons. The van der Waals surface area contributed by atoms with E-state index in [1.165, 1.54) is 23.0 Å². The van der Waals surface area contributed by atoms with E-state index < -0.39 is 16.1 Å². The van der Waals surface area contributed by atoms with Gasteiger partial charge in [-0.05, 0) is 110 Å². The average Bonchev–Trinajstić information content (AvgIpc) is 3.63. The largest absolute Gasteiger partial charge is 0.449 e. The molecule has 0 spiro atoms. The summed E-state index contributed by atoms with van der Waals surface area (Å²) in [5, 5.41) is 29.9. The zero-order chi connectivity index (χ0) is 30.6. The SMILES string of the molecule is CC[C@H]1[C@@H](O)[C@@H]2[C@H](CC[C@]3(C)[C@@H](CCOC(=O)NS(=O)(=O)c4ccc(-n5ccnn5)nc4)CC[C@@H]23)[C@@]2(C)CC[C@@H](O)C[C@@H]12. The molecule has 3 N–H and O–H groups in total. The van der Waals surface area contributed by atoms with Gasteiger partial charge in [0, 0.05) is 6.20 Å². The molecule has 4 aliphatic rings. The molecular formula is C31H45N5O6S. The summed E-state index contributed by atoms with van der Waals surface area (Å²) in [6.07, 6.45) is 11.1. The fraction of sp³-hybridized carbons (Fsp3) is 0.742. The van der Waals surface area contributed by atoms with Gasteiger partial charge < -0.3 is 14.9 Å². The maximum atomic E-state index is 12.7. The molecule has 10 atom stereocenters. The van der Waals surface area contributed by atoms with Crippen molar-refractivity contribution < 1.29 is 28.2 Å². The molecule has 43 heavy (non-hydrogen) atoms. The van der Waals surface area contributed by atoms with Gasteiger partial charge in [0.2, 0.25) is 0 Å². The summed E-state index contributed by atoms with van der Waals surface area (Å²) in [6, 6.07) is 2.82. The van der Waals surface area contributed by atoms with Crippen molar-refractivity contribution in [2.45, 2.75) is 95.7 Å². The molecule has 4 saturated carbocycles. The first-order valence-corrected chi connectivity index (χ1v) is 17.3. The van der Waals surface area contributed by atoms with E-state index in [1.807, 2.05) is 4.72 Å². The Hall–Kier alpha value is -2.57. The lowest BCUT2D eigenvalue weighted by atomic mass is 9.41. The highest BCUT2D eigenvalue weighted by Crippen LogP contribution is 2.69. The summed E-state index contributed by atoms with van der Waals surface area (Å²) in [6.45, 7) is 7.11. The summed E-state index contributed by atoms with van der Waals surface area (Å²) in [5.41, 5.74) is 0.198. The average molecular weight is 616 g/mol. The third kappa shape index (κ3) is 5.27. The number of ether oxygens (including phenoxy) is 1. The lowest BCUT2D eigenvalue weighted by Crippen LogP contribution is -2.62. The number of aliphatic hydroxyl groups excluding tert-OH is 2. The molecule has 2 aromatic heterocycles. The van der Waals surface area contributed by atoms with Crippen molar-refractivity contribution in [1.29, 1.82) is 0 Å². The number of nitrogens with one attached hydrogen (secondary N) is 1. The Balaban J connectivity index is 1.07. The molecule has 1 amide bonds. The fourth-order valence-electron chi connectivity index (χ4n) is 10.0. The number of amides is 1. The quantitative estimate of drug-likeness (QED) is 0.417. The second-order valence-electron chi connectivity index (χ2n) is 13.9. The number of carbonyl (C=O) groups is 1. The predicted octanol–water partition coefficient (Wildman–Crippen LogP) is 4.09. The van der Waals surface area contributed by atoms with Gasteiger partial charge >= 0.3 is 6.09 Å². The monoisotopic (exact) mass is 615 g/mol. The topological polar surface area (TPSA) is 157 Å². The summed E-state index contributed by atoms with van der Waals surface area (Å²) >= 11 is 0. The van der Waals surface area contributed by atoms with Gasteiger partial charge in [-0.3, -0.25) is 0 Å². The highest BCUT2D eigenvalue weighted by Gasteiger charge is 2.64. The first-order chi connectivity index (χ1) is 20.5. The van der Waals surface area contributed by atoms with Crippen LogP contribution >= 0.6 is 0 Å². The number of aromatic nitrogens is 4. The molecule has 0 unspecified atom stereocenters. The van der Waals surface area contributed by atoms with E-state index in [0.717, 1.165) is 57.6 Å². The van der Waals surface area contributed by atoms with Crippen LogP contribution in [0.3, 0.4) is 0 Å². The lowest BCUT2D eigenvalue weighted by Gasteiger charge is -2.64. The Morgan fingerprint density at radius 1 is 1.09 bits per heavy atom. The smallest absolute Gasteiger partial charge is 0.421 e. The van der Waals surface area contributed by atoms with Gasteiger partial charge in [-0.15, -0.1) is 5.10 Å². The zero-order valence-electron chi connectivity index (χ0n) is 25.3. The van der Waals surface area contributed by atoms with E-state index >= 15 is 0 Å². The Morgan fingerprint density at radius 3 is 2.56 bits per heavy atom. The minimum atomic E-state index is -4.15. The summed E-state index contributed by atoms with van der Waals surface area (Å²) < 4.78 is 34.2. The van der Waals surface area contributed by atoms with Crippen LogP contribution in [-0.4, -0.2) is 63.5 Å². The van der Waals surface area contributed by atoms with Crippen molar-refractivity contribution >= 4 is 16.1 Å². The van der Waals surface area contributed by atoms with Crippen LogP contribution in [0, 0.1) is 46.3 Å². The molecule has 0 bridgehead atoms. The Labute approximate surface area is 253 Å². The molecule has 11 nitrogen and oxygen atoms in total. The lowest BCUT2D eigenvalue weighted by molar-refractivity contribution is -0.202. The molecule has 236 valence electrons. The first kappa shape index (κ1) is 30.5. The van der Waals surface area contributed by atoms with Gasteiger partial charge in [-0.1, -0.05) is 32.4 Å². The third-order valence-electron chi connectivity index (χ3n) is 12.2. The standard InChI is InChI=1S/C31H45N5O6S/c1-4-22-25-17-20(37)9-12-31(25,3)24-10-13-30(2)19(5-7-23(30)27(24)28(22)38)11-16-42-29(39)34-43(40,41)21-6-8-26(32-18-21)36-15-14-33-35-36/h6,8,14-15,18-20,22-25,27-28,37-38H,4-5,7,9-13,16-17H2,1-3H3,(H,34,39)/t19-,20-,22-,23+,24+,25+,27+,28-,30-,31-/m1/s1. The summed E-state index contributed by atoms with van der Waals surface area (Å²) in [4.78, 5) is 16.4. The number of pyridine rings is 1. The van der Waals surface area contributed by atoms with Crippen LogP contribution in [0.2, 0.25) is 0 Å². The predicted molar refractivity (Wildman–Crippen MR) is 157 cm³/mol. The van der Waals surface area contributed by atoms with Crippen LogP contribution in [0.5, 0.6) is 0 Å². The van der Waals surface area contributed by atoms with Gasteiger partial charge in [0.1, 0.15) is 4.90 Å². The van der Waals surface area contributed by atoms with E-state index in [0.29, 0.717) is 35.9 Å². The van der Waals surface area contributed by atoms with E-state index in [1.54, 1.807) is 6.20 Å². The molecule has 0 aliphatic heterocycles. The molecule has 0 aromatic carbocycles. The molecule has 0 saturated heterocycles. The van der Waals surface area contributed by atoms with E-state index in [2.05, 4.69) is 36.1 Å². The molecule has 2 aromatic rings. The second-order valence-corrected chi connectivity index (χ2v) is 15.6. The molecule has 6 rings (SSSR count). The normalized spacial score (nSPS) is 38.9. The van der Waals surface area contributed by atoms with Gasteiger partial charge in [-0.2, -0.15) is 0 Å². The number of nitrogens with zero attached hydrogens (tertiary/aromatic N) is 4. The van der Waals surface area contributed by atoms with Crippen molar-refractivity contribution in [3.05, 3.63) is 30.7 Å². The summed E-state index contributed by atoms with van der Waals surface area (Å²) in [5.74, 6) is 2.44. The number of sulfonamides is 1. The van der Waals surface area contributed by atoms with E-state index in [9.17, 15) is 23.4 Å². The van der Waals surface area contributed by atoms with E-state index in [-0.39, 0.29) is 46.4 Å². The molecule has 2 heterocycles. The highest BCUT2D eigenvalue weighted by molar-refractivity contribution is 7.90. The van der Waals surface area contributed by atoms with Crippen LogP contribution in [0.4, 0.5) is 4.79 Å². The number of carbonyl (C=O) groups excluding carboxylic acids is 1. The van der Waals surface area contributed by atoms with Crippen molar-refractivity contribution in [3.8, 4) is 5.82 Å². The number of hydrogen-bond donors (Lipinski definition) is 3. The fourth-order valence-corrected chi connectivity index (χ4v) is 10.9. The highest BCUT2D eigenvalue weighted by atomic mass is 32.2. The van der Waals surface area contributed by atoms with Crippen molar-refractivity contribution in [3.63, 3.8) is 0 Å². The van der Waals surface area contributed by atoms with Gasteiger partial charge in [0.05, 0.1) is 31.2 Å². The van der Waals surface area contributed by atoms with Crippen LogP contribution < -0.4 is 4.72 Å². The number of aliphatic hydroxyl groups is 2. The zero-order valence-corrected chi connectivity index (χ0v) is 26.1. The Morgan fingerprint density at radius 2 is 1.86 bits per heavy atom. The van der Waals surface area contributed by atoms with Crippen LogP contribution in [0.25, 0.3) is 5.82 Å². The van der Waals surface area contributed by atoms with Crippen molar-refractivity contribution in [2.75, 3.05) is 6.61 Å². The van der Waals surface area contributed by atoms with Gasteiger partial charge in [-0.25, -0.2) is 27.6 Å². The van der Waals surface area contributed by atoms with Gasteiger partial charge in [0.25, 0.3) is 10.0 Å². The van der Waals surface area contributed by atoms with Crippen LogP contribution in [0.1, 0.15) is 78.6 Å². The molecule has 12 heteroatoms. The second kappa shape index (κ2) is 11.4. The molecular weight excluding hydrogens is 570 g/mol.